The first-order chi connectivity index (χ1) is 11.3. The van der Waals surface area contributed by atoms with Crippen molar-refractivity contribution >= 4 is 17.4 Å². The second kappa shape index (κ2) is 5.74. The van der Waals surface area contributed by atoms with Crippen molar-refractivity contribution in [3.05, 3.63) is 63.1 Å². The maximum Gasteiger partial charge on any atom is 0.261 e. The van der Waals surface area contributed by atoms with Gasteiger partial charge in [-0.05, 0) is 36.5 Å². The number of fused-ring (bicyclic) bond motifs is 1. The van der Waals surface area contributed by atoms with Crippen molar-refractivity contribution in [2.75, 3.05) is 5.32 Å². The molecule has 1 aromatic heterocycles. The molecule has 0 spiro atoms. The molecule has 1 aromatic carbocycles. The Morgan fingerprint density at radius 2 is 1.88 bits per heavy atom. The number of hydrogen-bond donors (Lipinski definition) is 2. The molecule has 1 amide bonds. The number of pyridine rings is 1. The van der Waals surface area contributed by atoms with Crippen LogP contribution in [-0.4, -0.2) is 16.7 Å². The number of H-pyrrole nitrogens is 1. The molecule has 0 fully saturated rings. The Bertz CT molecular complexity index is 894. The lowest BCUT2D eigenvalue weighted by Gasteiger charge is -2.29. The molecular weight excluding hydrogens is 304 g/mol. The van der Waals surface area contributed by atoms with Gasteiger partial charge in [0.15, 0.2) is 5.78 Å². The Kier molecular flexibility index (Phi) is 3.87. The normalized spacial score (nSPS) is 15.7. The van der Waals surface area contributed by atoms with Crippen LogP contribution in [0.5, 0.6) is 0 Å². The van der Waals surface area contributed by atoms with E-state index < -0.39 is 11.5 Å². The third kappa shape index (κ3) is 3.02. The Balaban J connectivity index is 1.97. The number of anilines is 1. The van der Waals surface area contributed by atoms with E-state index in [1.807, 2.05) is 39.0 Å². The molecule has 1 aliphatic rings. The SMILES string of the molecule is Cc1ccccc1NC(=O)c1cc2c([nH]c1=O)CC(C)(C)CC2=O. The van der Waals surface area contributed by atoms with Gasteiger partial charge >= 0.3 is 0 Å². The largest absolute Gasteiger partial charge is 0.325 e. The molecule has 1 aliphatic carbocycles. The number of aromatic amines is 1. The van der Waals surface area contributed by atoms with Gasteiger partial charge < -0.3 is 10.3 Å². The van der Waals surface area contributed by atoms with Gasteiger partial charge in [0.1, 0.15) is 5.56 Å². The van der Waals surface area contributed by atoms with Crippen molar-refractivity contribution in [2.45, 2.75) is 33.6 Å². The van der Waals surface area contributed by atoms with E-state index in [2.05, 4.69) is 10.3 Å². The van der Waals surface area contributed by atoms with Gasteiger partial charge in [0.25, 0.3) is 11.5 Å². The molecule has 5 nitrogen and oxygen atoms in total. The summed E-state index contributed by atoms with van der Waals surface area (Å²) in [5.41, 5.74) is 1.93. The fourth-order valence-electron chi connectivity index (χ4n) is 3.10. The lowest BCUT2D eigenvalue weighted by Crippen LogP contribution is -2.32. The average Bonchev–Trinajstić information content (AvgIpc) is 2.47. The molecule has 0 atom stereocenters. The lowest BCUT2D eigenvalue weighted by molar-refractivity contribution is 0.0910. The molecule has 0 bridgehead atoms. The van der Waals surface area contributed by atoms with E-state index in [1.165, 1.54) is 6.07 Å². The van der Waals surface area contributed by atoms with Crippen molar-refractivity contribution in [3.8, 4) is 0 Å². The van der Waals surface area contributed by atoms with Crippen LogP contribution in [0.1, 0.15) is 52.2 Å². The minimum absolute atomic E-state index is 0.0370. The quantitative estimate of drug-likeness (QED) is 0.891. The minimum atomic E-state index is -0.508. The number of hydrogen-bond acceptors (Lipinski definition) is 3. The van der Waals surface area contributed by atoms with Gasteiger partial charge in [0.05, 0.1) is 0 Å². The topological polar surface area (TPSA) is 79.0 Å². The molecule has 0 unspecified atom stereocenters. The number of aryl methyl sites for hydroxylation is 1. The molecule has 5 heteroatoms. The Morgan fingerprint density at radius 1 is 1.17 bits per heavy atom. The Morgan fingerprint density at radius 3 is 2.58 bits per heavy atom. The highest BCUT2D eigenvalue weighted by atomic mass is 16.2. The van der Waals surface area contributed by atoms with Crippen molar-refractivity contribution in [1.82, 2.24) is 4.98 Å². The zero-order valence-corrected chi connectivity index (χ0v) is 14.0. The lowest BCUT2D eigenvalue weighted by atomic mass is 9.75. The first kappa shape index (κ1) is 16.2. The number of aromatic nitrogens is 1. The second-order valence-electron chi connectivity index (χ2n) is 7.11. The first-order valence-corrected chi connectivity index (χ1v) is 7.93. The van der Waals surface area contributed by atoms with Crippen LogP contribution in [0.15, 0.2) is 35.1 Å². The van der Waals surface area contributed by atoms with Crippen LogP contribution < -0.4 is 10.9 Å². The number of benzene rings is 1. The zero-order chi connectivity index (χ0) is 17.5. The number of carbonyl (C=O) groups excluding carboxylic acids is 2. The summed E-state index contributed by atoms with van der Waals surface area (Å²) in [5, 5.41) is 2.73. The molecular formula is C19H20N2O3. The van der Waals surface area contributed by atoms with E-state index in [1.54, 1.807) is 6.07 Å². The summed E-state index contributed by atoms with van der Waals surface area (Å²) in [4.78, 5) is 39.8. The summed E-state index contributed by atoms with van der Waals surface area (Å²) in [6.07, 6.45) is 1.02. The van der Waals surface area contributed by atoms with Gasteiger partial charge in [0.2, 0.25) is 0 Å². The number of para-hydroxylation sites is 1. The Hall–Kier alpha value is -2.69. The smallest absolute Gasteiger partial charge is 0.261 e. The molecule has 2 N–H and O–H groups in total. The predicted molar refractivity (Wildman–Crippen MR) is 92.6 cm³/mol. The summed E-state index contributed by atoms with van der Waals surface area (Å²) in [6.45, 7) is 5.86. The maximum atomic E-state index is 12.5. The molecule has 0 aliphatic heterocycles. The van der Waals surface area contributed by atoms with E-state index in [-0.39, 0.29) is 16.8 Å². The van der Waals surface area contributed by atoms with Gasteiger partial charge in [-0.3, -0.25) is 14.4 Å². The maximum absolute atomic E-state index is 12.5. The van der Waals surface area contributed by atoms with Crippen LogP contribution >= 0.6 is 0 Å². The van der Waals surface area contributed by atoms with E-state index in [0.717, 1.165) is 5.56 Å². The zero-order valence-electron chi connectivity index (χ0n) is 14.0. The van der Waals surface area contributed by atoms with Crippen LogP contribution in [0.25, 0.3) is 0 Å². The van der Waals surface area contributed by atoms with Gasteiger partial charge in [-0.25, -0.2) is 0 Å². The number of Topliss-reactive ketones (excluding diaryl/α,β-unsaturated/α-hetero) is 1. The monoisotopic (exact) mass is 324 g/mol. The predicted octanol–water partition coefficient (Wildman–Crippen LogP) is 3.09. The molecule has 124 valence electrons. The summed E-state index contributed by atoms with van der Waals surface area (Å²) in [7, 11) is 0. The highest BCUT2D eigenvalue weighted by Gasteiger charge is 2.32. The van der Waals surface area contributed by atoms with E-state index in [4.69, 9.17) is 0 Å². The molecule has 0 saturated carbocycles. The summed E-state index contributed by atoms with van der Waals surface area (Å²) in [6, 6.07) is 8.76. The van der Waals surface area contributed by atoms with E-state index in [9.17, 15) is 14.4 Å². The fraction of sp³-hybridized carbons (Fsp3) is 0.316. The van der Waals surface area contributed by atoms with Gasteiger partial charge in [-0.2, -0.15) is 0 Å². The van der Waals surface area contributed by atoms with E-state index in [0.29, 0.717) is 29.8 Å². The molecule has 2 aromatic rings. The molecule has 24 heavy (non-hydrogen) atoms. The Labute approximate surface area is 140 Å². The van der Waals surface area contributed by atoms with Crippen LogP contribution in [0.3, 0.4) is 0 Å². The third-order valence-corrected chi connectivity index (χ3v) is 4.36. The second-order valence-corrected chi connectivity index (χ2v) is 7.11. The van der Waals surface area contributed by atoms with Crippen LogP contribution in [0, 0.1) is 12.3 Å². The van der Waals surface area contributed by atoms with Crippen molar-refractivity contribution < 1.29 is 9.59 Å². The third-order valence-electron chi connectivity index (χ3n) is 4.36. The number of rotatable bonds is 2. The van der Waals surface area contributed by atoms with Crippen LogP contribution in [0.4, 0.5) is 5.69 Å². The van der Waals surface area contributed by atoms with Crippen LogP contribution in [0.2, 0.25) is 0 Å². The minimum Gasteiger partial charge on any atom is -0.325 e. The number of amides is 1. The molecule has 3 rings (SSSR count). The molecule has 1 heterocycles. The van der Waals surface area contributed by atoms with Gasteiger partial charge in [-0.1, -0.05) is 32.0 Å². The van der Waals surface area contributed by atoms with Gasteiger partial charge in [-0.15, -0.1) is 0 Å². The van der Waals surface area contributed by atoms with Crippen molar-refractivity contribution in [1.29, 1.82) is 0 Å². The molecule has 0 radical (unpaired) electrons. The van der Waals surface area contributed by atoms with Gasteiger partial charge in [0, 0.05) is 23.4 Å². The number of nitrogens with one attached hydrogen (secondary N) is 2. The van der Waals surface area contributed by atoms with Crippen molar-refractivity contribution in [3.63, 3.8) is 0 Å². The highest BCUT2D eigenvalue weighted by molar-refractivity contribution is 6.07. The molecule has 0 saturated heterocycles. The number of carbonyl (C=O) groups is 2. The number of ketones is 1. The first-order valence-electron chi connectivity index (χ1n) is 7.93. The van der Waals surface area contributed by atoms with Crippen LogP contribution in [-0.2, 0) is 6.42 Å². The summed E-state index contributed by atoms with van der Waals surface area (Å²) < 4.78 is 0. The van der Waals surface area contributed by atoms with E-state index >= 15 is 0 Å². The average molecular weight is 324 g/mol. The fourth-order valence-corrected chi connectivity index (χ4v) is 3.10. The highest BCUT2D eigenvalue weighted by Crippen LogP contribution is 2.33. The summed E-state index contributed by atoms with van der Waals surface area (Å²) in [5.74, 6) is -0.548. The summed E-state index contributed by atoms with van der Waals surface area (Å²) >= 11 is 0. The van der Waals surface area contributed by atoms with Crippen molar-refractivity contribution in [2.24, 2.45) is 5.41 Å². The standard InChI is InChI=1S/C19H20N2O3/c1-11-6-4-5-7-14(11)20-17(23)13-8-12-15(21-18(13)24)9-19(2,3)10-16(12)22/h4-8H,9-10H2,1-3H3,(H,20,23)(H,21,24).